The monoisotopic (exact) mass is 243 g/mol. The molecule has 2 rings (SSSR count). The molecule has 0 saturated heterocycles. The van der Waals surface area contributed by atoms with Crippen LogP contribution >= 0.6 is 0 Å². The summed E-state index contributed by atoms with van der Waals surface area (Å²) in [5.41, 5.74) is 2.03. The van der Waals surface area contributed by atoms with Crippen LogP contribution in [0.5, 0.6) is 0 Å². The van der Waals surface area contributed by atoms with Crippen LogP contribution in [-0.2, 0) is 0 Å². The van der Waals surface area contributed by atoms with E-state index in [1.807, 2.05) is 43.3 Å². The van der Waals surface area contributed by atoms with Gasteiger partial charge in [-0.15, -0.1) is 5.11 Å². The van der Waals surface area contributed by atoms with Crippen molar-refractivity contribution in [2.75, 3.05) is 19.0 Å². The summed E-state index contributed by atoms with van der Waals surface area (Å²) in [6.45, 7) is 0. The van der Waals surface area contributed by atoms with Gasteiger partial charge in [0.05, 0.1) is 5.69 Å². The van der Waals surface area contributed by atoms with Crippen molar-refractivity contribution in [1.82, 2.24) is 0 Å². The Morgan fingerprint density at radius 3 is 2.17 bits per heavy atom. The lowest BCUT2D eigenvalue weighted by atomic mass is 10.3. The number of anilines is 1. The zero-order chi connectivity index (χ0) is 13.0. The van der Waals surface area contributed by atoms with Crippen LogP contribution in [0.25, 0.3) is 0 Å². The van der Waals surface area contributed by atoms with E-state index in [4.69, 9.17) is 0 Å². The van der Waals surface area contributed by atoms with E-state index in [1.165, 1.54) is 6.07 Å². The Morgan fingerprint density at radius 2 is 1.56 bits per heavy atom. The normalized spacial score (nSPS) is 10.8. The fourth-order valence-corrected chi connectivity index (χ4v) is 1.46. The molecule has 4 heteroatoms. The van der Waals surface area contributed by atoms with Crippen LogP contribution in [0.2, 0.25) is 0 Å². The van der Waals surface area contributed by atoms with Gasteiger partial charge in [-0.2, -0.15) is 5.11 Å². The summed E-state index contributed by atoms with van der Waals surface area (Å²) in [5, 5.41) is 7.89. The van der Waals surface area contributed by atoms with Gasteiger partial charge in [0.1, 0.15) is 5.69 Å². The number of benzene rings is 2. The summed E-state index contributed by atoms with van der Waals surface area (Å²) in [7, 11) is 3.94. The first-order valence-electron chi connectivity index (χ1n) is 5.60. The molecule has 0 aliphatic carbocycles. The molecule has 0 amide bonds. The molecular weight excluding hydrogens is 229 g/mol. The number of azo groups is 1. The van der Waals surface area contributed by atoms with Gasteiger partial charge in [-0.3, -0.25) is 0 Å². The van der Waals surface area contributed by atoms with Crippen LogP contribution in [-0.4, -0.2) is 14.1 Å². The topological polar surface area (TPSA) is 28.0 Å². The SMILES string of the molecule is CN(C)c1ccc(N=Nc2ccccc2F)cc1. The number of rotatable bonds is 3. The molecule has 0 radical (unpaired) electrons. The first-order valence-corrected chi connectivity index (χ1v) is 5.60. The quantitative estimate of drug-likeness (QED) is 0.738. The van der Waals surface area contributed by atoms with Crippen LogP contribution in [0.4, 0.5) is 21.5 Å². The fraction of sp³-hybridized carbons (Fsp3) is 0.143. The van der Waals surface area contributed by atoms with Gasteiger partial charge in [-0.1, -0.05) is 12.1 Å². The Kier molecular flexibility index (Phi) is 3.67. The van der Waals surface area contributed by atoms with Crippen LogP contribution in [0.3, 0.4) is 0 Å². The summed E-state index contributed by atoms with van der Waals surface area (Å²) in [5.74, 6) is -0.369. The standard InChI is InChI=1S/C14H14FN3/c1-18(2)12-9-7-11(8-10-12)16-17-14-6-4-3-5-13(14)15/h3-10H,1-2H3. The molecule has 0 saturated carbocycles. The van der Waals surface area contributed by atoms with E-state index in [0.29, 0.717) is 5.69 Å². The van der Waals surface area contributed by atoms with Gasteiger partial charge in [0, 0.05) is 19.8 Å². The van der Waals surface area contributed by atoms with Gasteiger partial charge < -0.3 is 4.90 Å². The van der Waals surface area contributed by atoms with E-state index in [2.05, 4.69) is 10.2 Å². The van der Waals surface area contributed by atoms with E-state index >= 15 is 0 Å². The van der Waals surface area contributed by atoms with Gasteiger partial charge in [0.25, 0.3) is 0 Å². The van der Waals surface area contributed by atoms with Crippen LogP contribution in [0.1, 0.15) is 0 Å². The average Bonchev–Trinajstić information content (AvgIpc) is 2.38. The van der Waals surface area contributed by atoms with Crippen LogP contribution in [0, 0.1) is 5.82 Å². The van der Waals surface area contributed by atoms with Gasteiger partial charge >= 0.3 is 0 Å². The van der Waals surface area contributed by atoms with Crippen LogP contribution in [0.15, 0.2) is 58.8 Å². The second-order valence-electron chi connectivity index (χ2n) is 4.06. The third kappa shape index (κ3) is 2.91. The Labute approximate surface area is 106 Å². The minimum atomic E-state index is -0.369. The molecule has 2 aromatic carbocycles. The van der Waals surface area contributed by atoms with Crippen molar-refractivity contribution < 1.29 is 4.39 Å². The molecular formula is C14H14FN3. The Bertz CT molecular complexity index is 547. The zero-order valence-corrected chi connectivity index (χ0v) is 10.3. The van der Waals surface area contributed by atoms with Crippen molar-refractivity contribution in [3.05, 3.63) is 54.3 Å². The first-order chi connectivity index (χ1) is 8.66. The summed E-state index contributed by atoms with van der Waals surface area (Å²) in [4.78, 5) is 2.00. The minimum absolute atomic E-state index is 0.245. The molecule has 0 bridgehead atoms. The first kappa shape index (κ1) is 12.2. The van der Waals surface area contributed by atoms with Gasteiger partial charge in [-0.05, 0) is 36.4 Å². The van der Waals surface area contributed by atoms with Crippen molar-refractivity contribution in [3.63, 3.8) is 0 Å². The minimum Gasteiger partial charge on any atom is -0.378 e. The molecule has 0 N–H and O–H groups in total. The predicted molar refractivity (Wildman–Crippen MR) is 71.3 cm³/mol. The van der Waals surface area contributed by atoms with Gasteiger partial charge in [0.15, 0.2) is 5.82 Å². The maximum absolute atomic E-state index is 13.3. The summed E-state index contributed by atoms with van der Waals surface area (Å²) in [6, 6.07) is 13.9. The highest BCUT2D eigenvalue weighted by atomic mass is 19.1. The van der Waals surface area contributed by atoms with E-state index in [0.717, 1.165) is 5.69 Å². The van der Waals surface area contributed by atoms with E-state index in [-0.39, 0.29) is 11.5 Å². The fourth-order valence-electron chi connectivity index (χ4n) is 1.46. The zero-order valence-electron chi connectivity index (χ0n) is 10.3. The lowest BCUT2D eigenvalue weighted by Gasteiger charge is -2.11. The van der Waals surface area contributed by atoms with E-state index in [1.54, 1.807) is 18.2 Å². The van der Waals surface area contributed by atoms with Crippen molar-refractivity contribution >= 4 is 17.1 Å². The molecule has 0 heterocycles. The predicted octanol–water partition coefficient (Wildman–Crippen LogP) is 4.31. The highest BCUT2D eigenvalue weighted by Crippen LogP contribution is 2.22. The largest absolute Gasteiger partial charge is 0.378 e. The smallest absolute Gasteiger partial charge is 0.150 e. The summed E-state index contributed by atoms with van der Waals surface area (Å²) in [6.07, 6.45) is 0. The highest BCUT2D eigenvalue weighted by molar-refractivity contribution is 5.52. The number of hydrogen-bond acceptors (Lipinski definition) is 3. The Hall–Kier alpha value is -2.23. The van der Waals surface area contributed by atoms with E-state index < -0.39 is 0 Å². The molecule has 0 spiro atoms. The molecule has 92 valence electrons. The lowest BCUT2D eigenvalue weighted by molar-refractivity contribution is 0.628. The molecule has 0 atom stereocenters. The molecule has 0 fully saturated rings. The molecule has 0 aromatic heterocycles. The maximum atomic E-state index is 13.3. The van der Waals surface area contributed by atoms with Crippen molar-refractivity contribution in [3.8, 4) is 0 Å². The highest BCUT2D eigenvalue weighted by Gasteiger charge is 1.98. The number of hydrogen-bond donors (Lipinski definition) is 0. The molecule has 0 aliphatic heterocycles. The lowest BCUT2D eigenvalue weighted by Crippen LogP contribution is -2.07. The summed E-state index contributed by atoms with van der Waals surface area (Å²) >= 11 is 0. The summed E-state index contributed by atoms with van der Waals surface area (Å²) < 4.78 is 13.3. The Morgan fingerprint density at radius 1 is 0.889 bits per heavy atom. The van der Waals surface area contributed by atoms with Crippen LogP contribution < -0.4 is 4.90 Å². The molecule has 18 heavy (non-hydrogen) atoms. The van der Waals surface area contributed by atoms with Crippen molar-refractivity contribution in [2.24, 2.45) is 10.2 Å². The number of nitrogens with zero attached hydrogens (tertiary/aromatic N) is 3. The van der Waals surface area contributed by atoms with Crippen molar-refractivity contribution in [1.29, 1.82) is 0 Å². The molecule has 2 aromatic rings. The number of halogens is 1. The Balaban J connectivity index is 2.17. The second kappa shape index (κ2) is 5.40. The second-order valence-corrected chi connectivity index (χ2v) is 4.06. The van der Waals surface area contributed by atoms with Gasteiger partial charge in [0.2, 0.25) is 0 Å². The van der Waals surface area contributed by atoms with Crippen molar-refractivity contribution in [2.45, 2.75) is 0 Å². The molecule has 3 nitrogen and oxygen atoms in total. The third-order valence-corrected chi connectivity index (χ3v) is 2.49. The molecule has 0 unspecified atom stereocenters. The maximum Gasteiger partial charge on any atom is 0.150 e. The molecule has 0 aliphatic rings. The third-order valence-electron chi connectivity index (χ3n) is 2.49. The van der Waals surface area contributed by atoms with Gasteiger partial charge in [-0.25, -0.2) is 4.39 Å². The average molecular weight is 243 g/mol. The van der Waals surface area contributed by atoms with E-state index in [9.17, 15) is 4.39 Å².